The molecule has 0 spiro atoms. The fraction of sp³-hybridized carbons (Fsp3) is 0.516. The van der Waals surface area contributed by atoms with Crippen LogP contribution in [0.1, 0.15) is 68.4 Å². The van der Waals surface area contributed by atoms with Crippen molar-refractivity contribution in [3.05, 3.63) is 57.5 Å². The Morgan fingerprint density at radius 3 is 2.51 bits per heavy atom. The van der Waals surface area contributed by atoms with Crippen LogP contribution in [0.5, 0.6) is 0 Å². The van der Waals surface area contributed by atoms with Crippen LogP contribution in [0, 0.1) is 11.8 Å². The van der Waals surface area contributed by atoms with Gasteiger partial charge in [-0.2, -0.15) is 13.2 Å². The number of nitrogens with one attached hydrogen (secondary N) is 2. The van der Waals surface area contributed by atoms with Crippen LogP contribution in [0.4, 0.5) is 29.3 Å². The number of nitrogens with zero attached hydrogens (tertiary/aromatic N) is 3. The fourth-order valence-electron chi connectivity index (χ4n) is 5.13. The van der Waals surface area contributed by atoms with Crippen molar-refractivity contribution in [2.75, 3.05) is 43.4 Å². The van der Waals surface area contributed by atoms with Crippen molar-refractivity contribution in [3.8, 4) is 11.8 Å². The van der Waals surface area contributed by atoms with Crippen LogP contribution in [-0.4, -0.2) is 77.7 Å². The lowest BCUT2D eigenvalue weighted by atomic mass is 10.0. The summed E-state index contributed by atoms with van der Waals surface area (Å²) in [6.45, 7) is 10.1. The van der Waals surface area contributed by atoms with E-state index in [1.165, 1.54) is 0 Å². The lowest BCUT2D eigenvalue weighted by Crippen LogP contribution is -2.50. The molecule has 0 bridgehead atoms. The summed E-state index contributed by atoms with van der Waals surface area (Å²) in [5.41, 5.74) is -2.17. The molecule has 3 heterocycles. The third-order valence-electron chi connectivity index (χ3n) is 7.53. The third-order valence-corrected chi connectivity index (χ3v) is 7.53. The number of carbonyl (C=O) groups excluding carboxylic acids is 2. The number of piperazine rings is 1. The molecule has 2 aromatic rings. The highest BCUT2D eigenvalue weighted by Crippen LogP contribution is 2.33. The van der Waals surface area contributed by atoms with E-state index in [0.717, 1.165) is 25.6 Å². The van der Waals surface area contributed by atoms with Crippen LogP contribution in [0.25, 0.3) is 0 Å². The van der Waals surface area contributed by atoms with Crippen LogP contribution < -0.4 is 15.8 Å². The Labute approximate surface area is 249 Å². The molecule has 2 N–H and O–H groups in total. The van der Waals surface area contributed by atoms with Crippen LogP contribution in [0.2, 0.25) is 0 Å². The first-order valence-corrected chi connectivity index (χ1v) is 14.3. The number of likely N-dealkylation sites (N-methyl/N-ethyl adjacent to an activating group) is 1. The zero-order valence-electron chi connectivity index (χ0n) is 25.1. The van der Waals surface area contributed by atoms with Crippen molar-refractivity contribution < 1.29 is 27.5 Å². The molecule has 2 amide bonds. The number of aromatic nitrogens is 1. The number of carbonyl (C=O) groups is 2. The Bertz CT molecular complexity index is 1470. The van der Waals surface area contributed by atoms with Gasteiger partial charge in [-0.25, -0.2) is 4.79 Å². The summed E-state index contributed by atoms with van der Waals surface area (Å²) in [7, 11) is 2.02. The maximum absolute atomic E-state index is 13.7. The number of benzene rings is 1. The molecule has 4 rings (SSSR count). The highest BCUT2D eigenvalue weighted by molar-refractivity contribution is 6.07. The molecule has 2 aliphatic heterocycles. The summed E-state index contributed by atoms with van der Waals surface area (Å²) >= 11 is 0. The molecule has 0 radical (unpaired) electrons. The summed E-state index contributed by atoms with van der Waals surface area (Å²) in [4.78, 5) is 45.7. The van der Waals surface area contributed by atoms with E-state index in [-0.39, 0.29) is 12.1 Å². The van der Waals surface area contributed by atoms with Gasteiger partial charge < -0.3 is 24.8 Å². The second kappa shape index (κ2) is 12.7. The number of H-pyrrole nitrogens is 1. The number of anilines is 2. The number of hydrogen-bond acceptors (Lipinski definition) is 6. The van der Waals surface area contributed by atoms with Gasteiger partial charge in [0.05, 0.1) is 28.5 Å². The summed E-state index contributed by atoms with van der Waals surface area (Å²) in [6.07, 6.45) is -2.13. The van der Waals surface area contributed by atoms with Gasteiger partial charge in [-0.1, -0.05) is 11.8 Å². The van der Waals surface area contributed by atoms with Crippen molar-refractivity contribution in [1.82, 2.24) is 14.8 Å². The van der Waals surface area contributed by atoms with E-state index in [9.17, 15) is 27.6 Å². The zero-order chi connectivity index (χ0) is 31.5. The number of alkyl halides is 3. The molecule has 2 saturated heterocycles. The Morgan fingerprint density at radius 1 is 1.09 bits per heavy atom. The van der Waals surface area contributed by atoms with Gasteiger partial charge in [-0.15, -0.1) is 0 Å². The van der Waals surface area contributed by atoms with Gasteiger partial charge in [0, 0.05) is 50.0 Å². The van der Waals surface area contributed by atoms with E-state index in [0.29, 0.717) is 49.1 Å². The number of piperidine rings is 1. The first kappa shape index (κ1) is 31.9. The molecule has 1 aromatic heterocycles. The Kier molecular flexibility index (Phi) is 9.44. The molecular weight excluding hydrogens is 563 g/mol. The van der Waals surface area contributed by atoms with Gasteiger partial charge in [0.15, 0.2) is 0 Å². The lowest BCUT2D eigenvalue weighted by Gasteiger charge is -2.39. The number of ether oxygens (including phenoxy) is 1. The minimum absolute atomic E-state index is 0.206. The average molecular weight is 602 g/mol. The molecule has 43 heavy (non-hydrogen) atoms. The normalized spacial score (nSPS) is 19.8. The van der Waals surface area contributed by atoms with Crippen LogP contribution in [-0.2, 0) is 10.9 Å². The number of likely N-dealkylation sites (tertiary alicyclic amines) is 1. The van der Waals surface area contributed by atoms with Gasteiger partial charge in [-0.05, 0) is 72.2 Å². The van der Waals surface area contributed by atoms with Crippen LogP contribution in [0.15, 0.2) is 35.3 Å². The second-order valence-corrected chi connectivity index (χ2v) is 12.0. The fourth-order valence-corrected chi connectivity index (χ4v) is 5.13. The second-order valence-electron chi connectivity index (χ2n) is 12.0. The third kappa shape index (κ3) is 8.10. The zero-order valence-corrected chi connectivity index (χ0v) is 25.1. The first-order valence-electron chi connectivity index (χ1n) is 14.3. The minimum atomic E-state index is -4.90. The van der Waals surface area contributed by atoms with E-state index >= 15 is 0 Å². The Morgan fingerprint density at radius 2 is 1.84 bits per heavy atom. The molecule has 2 fully saturated rings. The first-order chi connectivity index (χ1) is 20.1. The number of pyridine rings is 1. The van der Waals surface area contributed by atoms with E-state index in [2.05, 4.69) is 38.9 Å². The Hall–Kier alpha value is -3.98. The summed E-state index contributed by atoms with van der Waals surface area (Å²) in [5.74, 6) is 5.25. The highest BCUT2D eigenvalue weighted by Gasteiger charge is 2.36. The van der Waals surface area contributed by atoms with Gasteiger partial charge in [0.1, 0.15) is 5.60 Å². The molecule has 12 heteroatoms. The van der Waals surface area contributed by atoms with Gasteiger partial charge in [-0.3, -0.25) is 14.5 Å². The molecule has 9 nitrogen and oxygen atoms in total. The van der Waals surface area contributed by atoms with E-state index < -0.39 is 40.5 Å². The number of halogens is 3. The topological polar surface area (TPSA) is 98.0 Å². The maximum atomic E-state index is 13.7. The van der Waals surface area contributed by atoms with Gasteiger partial charge in [0.2, 0.25) is 5.56 Å². The predicted molar refractivity (Wildman–Crippen MR) is 158 cm³/mol. The summed E-state index contributed by atoms with van der Waals surface area (Å²) < 4.78 is 46.7. The molecule has 232 valence electrons. The lowest BCUT2D eigenvalue weighted by molar-refractivity contribution is -0.138. The van der Waals surface area contributed by atoms with Gasteiger partial charge >= 0.3 is 12.3 Å². The monoisotopic (exact) mass is 601 g/mol. The summed E-state index contributed by atoms with van der Waals surface area (Å²) in [5, 5.41) is 2.64. The number of rotatable bonds is 3. The van der Waals surface area contributed by atoms with Crippen LogP contribution >= 0.6 is 0 Å². The average Bonchev–Trinajstić information content (AvgIpc) is 2.92. The molecule has 1 unspecified atom stereocenters. The van der Waals surface area contributed by atoms with E-state index in [4.69, 9.17) is 4.74 Å². The largest absolute Gasteiger partial charge is 0.444 e. The molecule has 2 aliphatic rings. The van der Waals surface area contributed by atoms with Crippen molar-refractivity contribution in [2.24, 2.45) is 0 Å². The number of aromatic amines is 1. The van der Waals surface area contributed by atoms with Crippen molar-refractivity contribution in [1.29, 1.82) is 0 Å². The molecule has 0 saturated carbocycles. The van der Waals surface area contributed by atoms with E-state index in [1.807, 2.05) is 7.05 Å². The van der Waals surface area contributed by atoms with Crippen LogP contribution in [0.3, 0.4) is 0 Å². The quantitative estimate of drug-likeness (QED) is 0.485. The Balaban J connectivity index is 1.68. The molecule has 0 aliphatic carbocycles. The molecule has 2 atom stereocenters. The maximum Gasteiger partial charge on any atom is 0.417 e. The van der Waals surface area contributed by atoms with Gasteiger partial charge in [0.25, 0.3) is 5.91 Å². The molecular formula is C31H38F3N5O4. The molecule has 1 aromatic carbocycles. The minimum Gasteiger partial charge on any atom is -0.444 e. The SMILES string of the molecule is C[C@H]1CN(c2ccc(C#CC3CCCCN3C(=O)OC(C)(C)C)cc2NC(=O)c2c[nH]c(=O)cc2C(F)(F)F)CCN1C. The number of hydrogen-bond donors (Lipinski definition) is 2. The summed E-state index contributed by atoms with van der Waals surface area (Å²) in [6, 6.07) is 5.43. The standard InChI is InChI=1S/C31H38F3N5O4/c1-20-19-38(15-14-37(20)5)26-12-10-21(9-11-22-8-6-7-13-39(22)29(42)43-30(2,3)4)16-25(26)36-28(41)23-18-35-27(40)17-24(23)31(32,33)34/h10,12,16-18,20,22H,6-8,13-15,19H2,1-5H3,(H,35,40)(H,36,41)/t20-,22?/m0/s1. The van der Waals surface area contributed by atoms with E-state index in [1.54, 1.807) is 43.9 Å². The highest BCUT2D eigenvalue weighted by atomic mass is 19.4. The predicted octanol–water partition coefficient (Wildman–Crippen LogP) is 4.93. The smallest absolute Gasteiger partial charge is 0.417 e. The van der Waals surface area contributed by atoms with Crippen molar-refractivity contribution in [2.45, 2.75) is 70.8 Å². The van der Waals surface area contributed by atoms with Crippen molar-refractivity contribution >= 4 is 23.4 Å². The van der Waals surface area contributed by atoms with Crippen molar-refractivity contribution in [3.63, 3.8) is 0 Å². The number of amides is 2.